The van der Waals surface area contributed by atoms with Gasteiger partial charge in [0, 0.05) is 6.42 Å². The zero-order valence-corrected chi connectivity index (χ0v) is 20.0. The lowest BCUT2D eigenvalue weighted by atomic mass is 10.1. The van der Waals surface area contributed by atoms with E-state index in [1.807, 2.05) is 6.07 Å². The number of carbonyl (C=O) groups is 2. The molecule has 0 amide bonds. The van der Waals surface area contributed by atoms with Gasteiger partial charge in [-0.3, -0.25) is 10.1 Å². The van der Waals surface area contributed by atoms with Crippen LogP contribution in [0.25, 0.3) is 0 Å². The van der Waals surface area contributed by atoms with Gasteiger partial charge in [-0.05, 0) is 38.3 Å². The molecule has 1 aromatic carbocycles. The number of thioether (sulfide) groups is 1. The third-order valence-electron chi connectivity index (χ3n) is 4.37. The van der Waals surface area contributed by atoms with Gasteiger partial charge in [0.25, 0.3) is 0 Å². The Kier molecular flexibility index (Phi) is 9.88. The van der Waals surface area contributed by atoms with Crippen molar-refractivity contribution in [3.05, 3.63) is 39.4 Å². The number of aliphatic carboxylic acids is 1. The number of rotatable bonds is 12. The second kappa shape index (κ2) is 12.6. The third-order valence-corrected chi connectivity index (χ3v) is 4.92. The molecule has 15 heteroatoms. The van der Waals surface area contributed by atoms with Crippen molar-refractivity contribution in [1.82, 2.24) is 9.97 Å². The lowest BCUT2D eigenvalue weighted by Crippen LogP contribution is -2.37. The summed E-state index contributed by atoms with van der Waals surface area (Å²) in [6, 6.07) is 5.38. The van der Waals surface area contributed by atoms with Crippen molar-refractivity contribution in [2.45, 2.75) is 43.8 Å². The minimum absolute atomic E-state index is 0.0420. The number of hydrogen-bond acceptors (Lipinski definition) is 12. The van der Waals surface area contributed by atoms with Crippen LogP contribution in [0.2, 0.25) is 0 Å². The maximum atomic E-state index is 13.1. The van der Waals surface area contributed by atoms with Gasteiger partial charge in [0.15, 0.2) is 5.16 Å². The van der Waals surface area contributed by atoms with E-state index in [2.05, 4.69) is 9.97 Å². The van der Waals surface area contributed by atoms with Crippen molar-refractivity contribution in [3.63, 3.8) is 0 Å². The van der Waals surface area contributed by atoms with E-state index in [9.17, 15) is 39.6 Å². The number of aliphatic hydroxyl groups is 1. The molecule has 0 radical (unpaired) electrons. The summed E-state index contributed by atoms with van der Waals surface area (Å²) in [6.45, 7) is 2.12. The van der Waals surface area contributed by atoms with E-state index in [4.69, 9.17) is 14.2 Å². The van der Waals surface area contributed by atoms with E-state index in [0.29, 0.717) is 0 Å². The highest BCUT2D eigenvalue weighted by Crippen LogP contribution is 2.39. The Hall–Kier alpha value is -4.03. The summed E-state index contributed by atoms with van der Waals surface area (Å²) in [5.41, 5.74) is -1.23. The third kappa shape index (κ3) is 7.23. The molecular weight excluding hydrogens is 503 g/mol. The van der Waals surface area contributed by atoms with Crippen molar-refractivity contribution in [1.29, 1.82) is 5.26 Å². The van der Waals surface area contributed by atoms with Gasteiger partial charge < -0.3 is 24.4 Å². The number of nitriles is 1. The van der Waals surface area contributed by atoms with Gasteiger partial charge in [0.05, 0.1) is 29.3 Å². The molecule has 2 rings (SSSR count). The Morgan fingerprint density at radius 2 is 1.97 bits per heavy atom. The Balaban J connectivity index is 2.58. The van der Waals surface area contributed by atoms with Gasteiger partial charge in [0.1, 0.15) is 17.5 Å². The van der Waals surface area contributed by atoms with Gasteiger partial charge in [-0.1, -0.05) is 11.8 Å². The predicted octanol–water partition coefficient (Wildman–Crippen LogP) is 2.89. The number of benzene rings is 1. The molecule has 13 nitrogen and oxygen atoms in total. The van der Waals surface area contributed by atoms with Crippen LogP contribution in [0.1, 0.15) is 36.2 Å². The fourth-order valence-electron chi connectivity index (χ4n) is 2.62. The first-order chi connectivity index (χ1) is 17.0. The van der Waals surface area contributed by atoms with Crippen LogP contribution >= 0.6 is 11.8 Å². The van der Waals surface area contributed by atoms with Crippen LogP contribution in [0.3, 0.4) is 0 Å². The number of aliphatic hydroxyl groups excluding tert-OH is 1. The lowest BCUT2D eigenvalue weighted by molar-refractivity contribution is -0.387. The van der Waals surface area contributed by atoms with Crippen molar-refractivity contribution in [2.75, 3.05) is 12.9 Å². The highest BCUT2D eigenvalue weighted by Gasteiger charge is 2.34. The first-order valence-corrected chi connectivity index (χ1v) is 11.4. The zero-order chi connectivity index (χ0) is 27.0. The van der Waals surface area contributed by atoms with Crippen LogP contribution in [-0.4, -0.2) is 68.3 Å². The molecule has 2 aromatic rings. The number of nitro groups is 1. The highest BCUT2D eigenvalue weighted by molar-refractivity contribution is 7.98. The Morgan fingerprint density at radius 1 is 1.31 bits per heavy atom. The molecule has 0 aliphatic carbocycles. The molecular formula is C21H21FN4O9S. The summed E-state index contributed by atoms with van der Waals surface area (Å²) in [5.74, 6) is -4.39. The standard InChI is InChI=1S/C21H21FN4O9S/c1-10(22)6-7-33-20(30)13-8-12(9-23)4-5-14(13)34-17-15(26(31)32)18(25-21(24-17)36-3)35-16(11(2)27)19(28)29/h4-5,8,10-11,16,27H,6-7H2,1-3H3,(H,28,29). The summed E-state index contributed by atoms with van der Waals surface area (Å²) >= 11 is 0.917. The molecule has 0 saturated heterocycles. The molecule has 0 saturated carbocycles. The van der Waals surface area contributed by atoms with E-state index in [1.165, 1.54) is 25.3 Å². The maximum absolute atomic E-state index is 13.1. The quantitative estimate of drug-likeness (QED) is 0.135. The smallest absolute Gasteiger partial charge is 0.392 e. The SMILES string of the molecule is CSc1nc(Oc2ccc(C#N)cc2C(=O)OCCC(C)F)c([N+](=O)[O-])c(OC(C(=O)O)C(C)O)n1. The minimum Gasteiger partial charge on any atom is -0.478 e. The molecule has 0 bridgehead atoms. The van der Waals surface area contributed by atoms with Crippen LogP contribution in [0.5, 0.6) is 17.5 Å². The Labute approximate surface area is 208 Å². The number of carboxylic acids is 1. The van der Waals surface area contributed by atoms with Crippen LogP contribution in [0.15, 0.2) is 23.4 Å². The molecule has 1 aromatic heterocycles. The van der Waals surface area contributed by atoms with E-state index in [1.54, 1.807) is 0 Å². The first-order valence-electron chi connectivity index (χ1n) is 10.2. The number of ether oxygens (including phenoxy) is 3. The summed E-state index contributed by atoms with van der Waals surface area (Å²) in [7, 11) is 0. The van der Waals surface area contributed by atoms with Crippen LogP contribution in [-0.2, 0) is 9.53 Å². The second-order valence-corrected chi connectivity index (χ2v) is 7.95. The van der Waals surface area contributed by atoms with E-state index in [0.717, 1.165) is 24.8 Å². The number of alkyl halides is 1. The van der Waals surface area contributed by atoms with Gasteiger partial charge in [0.2, 0.25) is 6.10 Å². The summed E-state index contributed by atoms with van der Waals surface area (Å²) in [5, 5.41) is 39.9. The predicted molar refractivity (Wildman–Crippen MR) is 121 cm³/mol. The minimum atomic E-state index is -1.90. The summed E-state index contributed by atoms with van der Waals surface area (Å²) < 4.78 is 28.8. The number of esters is 1. The molecule has 192 valence electrons. The molecule has 1 heterocycles. The van der Waals surface area contributed by atoms with E-state index >= 15 is 0 Å². The molecule has 3 unspecified atom stereocenters. The Bertz CT molecular complexity index is 1190. The van der Waals surface area contributed by atoms with E-state index < -0.39 is 52.7 Å². The molecule has 0 fully saturated rings. The van der Waals surface area contributed by atoms with Crippen LogP contribution in [0, 0.1) is 21.4 Å². The number of aromatic nitrogens is 2. The molecule has 2 N–H and O–H groups in total. The van der Waals surface area contributed by atoms with Crippen molar-refractivity contribution < 1.29 is 43.3 Å². The number of carbonyl (C=O) groups excluding carboxylic acids is 1. The maximum Gasteiger partial charge on any atom is 0.392 e. The van der Waals surface area contributed by atoms with Crippen molar-refractivity contribution >= 4 is 29.4 Å². The fourth-order valence-corrected chi connectivity index (χ4v) is 2.96. The van der Waals surface area contributed by atoms with Crippen molar-refractivity contribution in [3.8, 4) is 23.6 Å². The number of halogens is 1. The summed E-state index contributed by atoms with van der Waals surface area (Å²) in [4.78, 5) is 42.6. The first kappa shape index (κ1) is 28.2. The average Bonchev–Trinajstić information content (AvgIpc) is 2.81. The van der Waals surface area contributed by atoms with Gasteiger partial charge in [-0.25, -0.2) is 14.0 Å². The van der Waals surface area contributed by atoms with Gasteiger partial charge in [-0.15, -0.1) is 0 Å². The second-order valence-electron chi connectivity index (χ2n) is 7.17. The molecule has 0 spiro atoms. The molecule has 0 aliphatic heterocycles. The number of hydrogen-bond donors (Lipinski definition) is 2. The Morgan fingerprint density at radius 3 is 2.50 bits per heavy atom. The van der Waals surface area contributed by atoms with E-state index in [-0.39, 0.29) is 35.1 Å². The average molecular weight is 524 g/mol. The lowest BCUT2D eigenvalue weighted by Gasteiger charge is -2.18. The molecule has 36 heavy (non-hydrogen) atoms. The van der Waals surface area contributed by atoms with Crippen LogP contribution in [0.4, 0.5) is 10.1 Å². The van der Waals surface area contributed by atoms with Crippen molar-refractivity contribution in [2.24, 2.45) is 0 Å². The topological polar surface area (TPSA) is 195 Å². The number of carboxylic acid groups (broad SMARTS) is 1. The molecule has 0 aliphatic rings. The van der Waals surface area contributed by atoms with Crippen LogP contribution < -0.4 is 9.47 Å². The normalized spacial score (nSPS) is 13.1. The number of nitrogens with zero attached hydrogens (tertiary/aromatic N) is 4. The zero-order valence-electron chi connectivity index (χ0n) is 19.2. The van der Waals surface area contributed by atoms with Gasteiger partial charge in [-0.2, -0.15) is 15.2 Å². The fraction of sp³-hybridized carbons (Fsp3) is 0.381. The highest BCUT2D eigenvalue weighted by atomic mass is 32.2. The van der Waals surface area contributed by atoms with Gasteiger partial charge >= 0.3 is 29.4 Å². The summed E-state index contributed by atoms with van der Waals surface area (Å²) in [6.07, 6.45) is -3.26. The monoisotopic (exact) mass is 524 g/mol. The largest absolute Gasteiger partial charge is 0.478 e. The molecule has 3 atom stereocenters.